The van der Waals surface area contributed by atoms with Crippen LogP contribution < -0.4 is 5.32 Å². The van der Waals surface area contributed by atoms with Crippen LogP contribution >= 0.6 is 0 Å². The van der Waals surface area contributed by atoms with Crippen molar-refractivity contribution in [3.05, 3.63) is 71.7 Å². The summed E-state index contributed by atoms with van der Waals surface area (Å²) in [5.41, 5.74) is 4.33. The molecule has 1 N–H and O–H groups in total. The minimum Gasteiger partial charge on any atom is -0.304 e. The highest BCUT2D eigenvalue weighted by Crippen LogP contribution is 2.17. The number of nitrogens with one attached hydrogen (secondary N) is 1. The number of benzene rings is 2. The van der Waals surface area contributed by atoms with Crippen LogP contribution in [0.3, 0.4) is 0 Å². The highest BCUT2D eigenvalue weighted by molar-refractivity contribution is 6.03. The topological polar surface area (TPSA) is 85.6 Å². The molecule has 26 heavy (non-hydrogen) atoms. The molecule has 0 saturated heterocycles. The fraction of sp³-hybridized carbons (Fsp3) is 0.105. The van der Waals surface area contributed by atoms with Gasteiger partial charge in [0.05, 0.1) is 28.6 Å². The fourth-order valence-corrected chi connectivity index (χ4v) is 2.76. The quantitative estimate of drug-likeness (QED) is 0.617. The minimum absolute atomic E-state index is 0.253. The lowest BCUT2D eigenvalue weighted by Crippen LogP contribution is -2.15. The summed E-state index contributed by atoms with van der Waals surface area (Å²) < 4.78 is 1.66. The molecular formula is C19H16N6O. The summed E-state index contributed by atoms with van der Waals surface area (Å²) in [6, 6.07) is 15.3. The minimum atomic E-state index is -0.369. The first-order valence-electron chi connectivity index (χ1n) is 8.15. The highest BCUT2D eigenvalue weighted by atomic mass is 16.2. The molecule has 2 aromatic carbocycles. The summed E-state index contributed by atoms with van der Waals surface area (Å²) in [4.78, 5) is 21.3. The summed E-state index contributed by atoms with van der Waals surface area (Å²) in [6.07, 6.45) is 1.53. The Balaban J connectivity index is 1.63. The number of anilines is 1. The molecule has 0 aliphatic heterocycles. The van der Waals surface area contributed by atoms with E-state index in [1.54, 1.807) is 4.68 Å². The van der Waals surface area contributed by atoms with E-state index in [9.17, 15) is 4.79 Å². The van der Waals surface area contributed by atoms with Crippen molar-refractivity contribution in [3.63, 3.8) is 0 Å². The van der Waals surface area contributed by atoms with E-state index < -0.39 is 0 Å². The van der Waals surface area contributed by atoms with E-state index in [0.717, 1.165) is 16.8 Å². The third-order valence-electron chi connectivity index (χ3n) is 4.14. The Kier molecular flexibility index (Phi) is 3.89. The van der Waals surface area contributed by atoms with Crippen LogP contribution in [0.2, 0.25) is 0 Å². The van der Waals surface area contributed by atoms with Crippen molar-refractivity contribution in [3.8, 4) is 5.69 Å². The van der Waals surface area contributed by atoms with Crippen molar-refractivity contribution in [2.45, 2.75) is 13.8 Å². The summed E-state index contributed by atoms with van der Waals surface area (Å²) in [5, 5.41) is 10.9. The number of hydrogen-bond donors (Lipinski definition) is 1. The molecule has 2 aromatic heterocycles. The monoisotopic (exact) mass is 344 g/mol. The number of carbonyl (C=O) groups is 1. The highest BCUT2D eigenvalue weighted by Gasteiger charge is 2.18. The SMILES string of the molecule is Cc1ccccc1-n1nnc(C(=O)Nc2cnc3ccccc3n2)c1C. The lowest BCUT2D eigenvalue weighted by Gasteiger charge is -2.07. The lowest BCUT2D eigenvalue weighted by atomic mass is 10.2. The molecular weight excluding hydrogens is 328 g/mol. The molecule has 0 saturated carbocycles. The molecule has 1 amide bonds. The molecule has 128 valence electrons. The van der Waals surface area contributed by atoms with Crippen LogP contribution in [0.25, 0.3) is 16.7 Å². The van der Waals surface area contributed by atoms with Crippen LogP contribution in [0.15, 0.2) is 54.7 Å². The second-order valence-electron chi connectivity index (χ2n) is 5.92. The van der Waals surface area contributed by atoms with Crippen molar-refractivity contribution < 1.29 is 4.79 Å². The standard InChI is InChI=1S/C19H16N6O/c1-12-7-3-6-10-16(12)25-13(2)18(23-24-25)19(26)22-17-11-20-14-8-4-5-9-15(14)21-17/h3-11H,1-2H3,(H,21,22,26). The van der Waals surface area contributed by atoms with Crippen molar-refractivity contribution >= 4 is 22.8 Å². The average Bonchev–Trinajstić information content (AvgIpc) is 3.03. The zero-order valence-electron chi connectivity index (χ0n) is 14.3. The van der Waals surface area contributed by atoms with Gasteiger partial charge in [-0.2, -0.15) is 0 Å². The third kappa shape index (κ3) is 2.79. The second kappa shape index (κ2) is 6.36. The maximum absolute atomic E-state index is 12.6. The van der Waals surface area contributed by atoms with Gasteiger partial charge in [-0.15, -0.1) is 5.10 Å². The Morgan fingerprint density at radius 1 is 1.00 bits per heavy atom. The zero-order valence-corrected chi connectivity index (χ0v) is 14.3. The summed E-state index contributed by atoms with van der Waals surface area (Å²) in [5.74, 6) is 0.00505. The number of aryl methyl sites for hydroxylation is 1. The van der Waals surface area contributed by atoms with Gasteiger partial charge in [0.15, 0.2) is 11.5 Å². The summed E-state index contributed by atoms with van der Waals surface area (Å²) in [7, 11) is 0. The van der Waals surface area contributed by atoms with E-state index in [1.807, 2.05) is 62.4 Å². The lowest BCUT2D eigenvalue weighted by molar-refractivity contribution is 0.102. The number of carbonyl (C=O) groups excluding carboxylic acids is 1. The molecule has 4 rings (SSSR count). The summed E-state index contributed by atoms with van der Waals surface area (Å²) in [6.45, 7) is 3.80. The number of rotatable bonds is 3. The van der Waals surface area contributed by atoms with Gasteiger partial charge in [0.2, 0.25) is 0 Å². The second-order valence-corrected chi connectivity index (χ2v) is 5.92. The molecule has 0 atom stereocenters. The van der Waals surface area contributed by atoms with Crippen LogP contribution in [-0.2, 0) is 0 Å². The van der Waals surface area contributed by atoms with E-state index in [2.05, 4.69) is 25.6 Å². The Bertz CT molecular complexity index is 1120. The van der Waals surface area contributed by atoms with E-state index in [-0.39, 0.29) is 11.6 Å². The zero-order chi connectivity index (χ0) is 18.1. The smallest absolute Gasteiger partial charge is 0.279 e. The number of aromatic nitrogens is 5. The Morgan fingerprint density at radius 2 is 1.73 bits per heavy atom. The van der Waals surface area contributed by atoms with E-state index in [0.29, 0.717) is 17.0 Å². The van der Waals surface area contributed by atoms with Gasteiger partial charge in [0.1, 0.15) is 0 Å². The molecule has 4 aromatic rings. The van der Waals surface area contributed by atoms with Crippen molar-refractivity contribution in [2.24, 2.45) is 0 Å². The number of para-hydroxylation sites is 3. The molecule has 7 nitrogen and oxygen atoms in total. The van der Waals surface area contributed by atoms with Crippen LogP contribution in [-0.4, -0.2) is 30.9 Å². The normalized spacial score (nSPS) is 10.8. The van der Waals surface area contributed by atoms with E-state index >= 15 is 0 Å². The van der Waals surface area contributed by atoms with Gasteiger partial charge in [-0.25, -0.2) is 9.67 Å². The van der Waals surface area contributed by atoms with E-state index in [1.165, 1.54) is 6.20 Å². The molecule has 0 bridgehead atoms. The van der Waals surface area contributed by atoms with Gasteiger partial charge in [-0.1, -0.05) is 35.5 Å². The van der Waals surface area contributed by atoms with Crippen LogP contribution in [0.1, 0.15) is 21.7 Å². The molecule has 0 aliphatic carbocycles. The number of nitrogens with zero attached hydrogens (tertiary/aromatic N) is 5. The number of hydrogen-bond acceptors (Lipinski definition) is 5. The van der Waals surface area contributed by atoms with Crippen LogP contribution in [0.5, 0.6) is 0 Å². The molecule has 0 fully saturated rings. The fourth-order valence-electron chi connectivity index (χ4n) is 2.76. The van der Waals surface area contributed by atoms with Crippen LogP contribution in [0.4, 0.5) is 5.82 Å². The van der Waals surface area contributed by atoms with Crippen LogP contribution in [0, 0.1) is 13.8 Å². The molecule has 0 spiro atoms. The largest absolute Gasteiger partial charge is 0.304 e. The molecule has 0 radical (unpaired) electrons. The van der Waals surface area contributed by atoms with Crippen molar-refractivity contribution in [1.29, 1.82) is 0 Å². The molecule has 2 heterocycles. The molecule has 0 aliphatic rings. The first kappa shape index (κ1) is 15.9. The van der Waals surface area contributed by atoms with E-state index in [4.69, 9.17) is 0 Å². The molecule has 0 unspecified atom stereocenters. The van der Waals surface area contributed by atoms with Gasteiger partial charge in [0.25, 0.3) is 5.91 Å². The van der Waals surface area contributed by atoms with Gasteiger partial charge >= 0.3 is 0 Å². The maximum atomic E-state index is 12.6. The predicted molar refractivity (Wildman–Crippen MR) is 98.3 cm³/mol. The first-order valence-corrected chi connectivity index (χ1v) is 8.15. The van der Waals surface area contributed by atoms with Gasteiger partial charge < -0.3 is 5.32 Å². The van der Waals surface area contributed by atoms with Gasteiger partial charge in [0, 0.05) is 0 Å². The van der Waals surface area contributed by atoms with Crippen molar-refractivity contribution in [2.75, 3.05) is 5.32 Å². The predicted octanol–water partition coefficient (Wildman–Crippen LogP) is 3.08. The molecule has 7 heteroatoms. The first-order chi connectivity index (χ1) is 12.6. The number of amides is 1. The Hall–Kier alpha value is -3.61. The Labute approximate surface area is 149 Å². The Morgan fingerprint density at radius 3 is 2.54 bits per heavy atom. The summed E-state index contributed by atoms with van der Waals surface area (Å²) >= 11 is 0. The average molecular weight is 344 g/mol. The van der Waals surface area contributed by atoms with Gasteiger partial charge in [-0.3, -0.25) is 9.78 Å². The number of fused-ring (bicyclic) bond motifs is 1. The van der Waals surface area contributed by atoms with Crippen molar-refractivity contribution in [1.82, 2.24) is 25.0 Å². The third-order valence-corrected chi connectivity index (χ3v) is 4.14. The van der Waals surface area contributed by atoms with Gasteiger partial charge in [-0.05, 0) is 37.6 Å². The maximum Gasteiger partial charge on any atom is 0.279 e.